The van der Waals surface area contributed by atoms with Crippen LogP contribution in [-0.2, 0) is 9.53 Å². The molecular formula is C18H16ClF2NO6. The van der Waals surface area contributed by atoms with Crippen LogP contribution in [0.2, 0.25) is 5.02 Å². The first-order valence-electron chi connectivity index (χ1n) is 7.77. The van der Waals surface area contributed by atoms with Crippen LogP contribution in [0.15, 0.2) is 36.4 Å². The maximum atomic E-state index is 12.3. The first kappa shape index (κ1) is 21.2. The Labute approximate surface area is 164 Å². The number of rotatable bonds is 8. The molecule has 2 aromatic carbocycles. The van der Waals surface area contributed by atoms with E-state index in [1.165, 1.54) is 26.4 Å². The third-order valence-corrected chi connectivity index (χ3v) is 3.62. The topological polar surface area (TPSA) is 83.1 Å². The number of benzene rings is 2. The number of methoxy groups -OCH3 is 2. The van der Waals surface area contributed by atoms with Gasteiger partial charge in [0, 0.05) is 5.02 Å². The predicted octanol–water partition coefficient (Wildman–Crippen LogP) is 3.75. The molecule has 10 heteroatoms. The van der Waals surface area contributed by atoms with Gasteiger partial charge in [-0.25, -0.2) is 4.79 Å². The number of carbonyl (C=O) groups is 2. The smallest absolute Gasteiger partial charge is 0.387 e. The molecule has 0 spiro atoms. The average Bonchev–Trinajstić information content (AvgIpc) is 2.66. The lowest BCUT2D eigenvalue weighted by molar-refractivity contribution is -0.119. The van der Waals surface area contributed by atoms with Gasteiger partial charge in [-0.15, -0.1) is 0 Å². The van der Waals surface area contributed by atoms with Crippen molar-refractivity contribution in [2.45, 2.75) is 6.61 Å². The van der Waals surface area contributed by atoms with E-state index in [0.29, 0.717) is 16.5 Å². The first-order valence-corrected chi connectivity index (χ1v) is 8.15. The van der Waals surface area contributed by atoms with Crippen molar-refractivity contribution in [3.63, 3.8) is 0 Å². The Morgan fingerprint density at radius 3 is 2.36 bits per heavy atom. The fourth-order valence-electron chi connectivity index (χ4n) is 2.17. The van der Waals surface area contributed by atoms with Crippen molar-refractivity contribution in [1.82, 2.24) is 0 Å². The van der Waals surface area contributed by atoms with Crippen LogP contribution >= 0.6 is 11.6 Å². The van der Waals surface area contributed by atoms with E-state index in [1.54, 1.807) is 12.1 Å². The number of amides is 1. The second kappa shape index (κ2) is 9.75. The number of alkyl halides is 2. The van der Waals surface area contributed by atoms with E-state index in [9.17, 15) is 18.4 Å². The molecule has 0 fully saturated rings. The van der Waals surface area contributed by atoms with Gasteiger partial charge in [0.25, 0.3) is 5.91 Å². The summed E-state index contributed by atoms with van der Waals surface area (Å²) in [5.74, 6) is -1.42. The highest BCUT2D eigenvalue weighted by atomic mass is 35.5. The maximum Gasteiger partial charge on any atom is 0.387 e. The standard InChI is InChI=1S/C18H16ClF2NO6/c1-25-13-6-4-11(19)8-12(13)22-16(23)9-27-17(24)10-3-5-14(28-18(20)21)15(7-10)26-2/h3-8,18H,9H2,1-2H3,(H,22,23). The number of ether oxygens (including phenoxy) is 4. The van der Waals surface area contributed by atoms with E-state index in [2.05, 4.69) is 10.1 Å². The van der Waals surface area contributed by atoms with Crippen LogP contribution in [-0.4, -0.2) is 39.3 Å². The second-order valence-electron chi connectivity index (χ2n) is 5.21. The van der Waals surface area contributed by atoms with Gasteiger partial charge < -0.3 is 24.3 Å². The Balaban J connectivity index is 2.00. The molecule has 150 valence electrons. The molecule has 2 rings (SSSR count). The van der Waals surface area contributed by atoms with Crippen LogP contribution in [0.1, 0.15) is 10.4 Å². The van der Waals surface area contributed by atoms with Gasteiger partial charge in [-0.1, -0.05) is 11.6 Å². The molecule has 0 saturated carbocycles. The summed E-state index contributed by atoms with van der Waals surface area (Å²) in [5, 5.41) is 2.89. The average molecular weight is 416 g/mol. The summed E-state index contributed by atoms with van der Waals surface area (Å²) in [7, 11) is 2.66. The summed E-state index contributed by atoms with van der Waals surface area (Å²) in [6, 6.07) is 8.15. The van der Waals surface area contributed by atoms with E-state index in [-0.39, 0.29) is 17.1 Å². The number of hydrogen-bond donors (Lipinski definition) is 1. The number of esters is 1. The summed E-state index contributed by atoms with van der Waals surface area (Å²) >= 11 is 5.88. The zero-order chi connectivity index (χ0) is 20.7. The van der Waals surface area contributed by atoms with E-state index >= 15 is 0 Å². The number of halogens is 3. The Bertz CT molecular complexity index is 862. The van der Waals surface area contributed by atoms with E-state index < -0.39 is 25.1 Å². The van der Waals surface area contributed by atoms with Gasteiger partial charge in [0.05, 0.1) is 25.5 Å². The molecule has 2 aromatic rings. The Morgan fingerprint density at radius 2 is 1.71 bits per heavy atom. The lowest BCUT2D eigenvalue weighted by Gasteiger charge is -2.12. The van der Waals surface area contributed by atoms with Crippen LogP contribution in [0.5, 0.6) is 17.2 Å². The van der Waals surface area contributed by atoms with Crippen molar-refractivity contribution in [2.75, 3.05) is 26.1 Å². The van der Waals surface area contributed by atoms with Gasteiger partial charge >= 0.3 is 12.6 Å². The van der Waals surface area contributed by atoms with Gasteiger partial charge in [0.1, 0.15) is 5.75 Å². The third-order valence-electron chi connectivity index (χ3n) is 3.39. The number of nitrogens with one attached hydrogen (secondary N) is 1. The Morgan fingerprint density at radius 1 is 1.04 bits per heavy atom. The molecule has 0 saturated heterocycles. The van der Waals surface area contributed by atoms with Crippen LogP contribution in [0, 0.1) is 0 Å². The minimum atomic E-state index is -3.04. The van der Waals surface area contributed by atoms with Gasteiger partial charge in [-0.2, -0.15) is 8.78 Å². The predicted molar refractivity (Wildman–Crippen MR) is 96.5 cm³/mol. The first-order chi connectivity index (χ1) is 13.3. The summed E-state index contributed by atoms with van der Waals surface area (Å²) in [5.41, 5.74) is 0.304. The highest BCUT2D eigenvalue weighted by Gasteiger charge is 2.16. The molecule has 1 N–H and O–H groups in total. The molecule has 28 heavy (non-hydrogen) atoms. The molecule has 0 atom stereocenters. The summed E-state index contributed by atoms with van der Waals surface area (Å²) in [6.45, 7) is -3.63. The van der Waals surface area contributed by atoms with Crippen molar-refractivity contribution in [2.24, 2.45) is 0 Å². The monoisotopic (exact) mass is 415 g/mol. The SMILES string of the molecule is COc1ccc(Cl)cc1NC(=O)COC(=O)c1ccc(OC(F)F)c(OC)c1. The fraction of sp³-hybridized carbons (Fsp3) is 0.222. The maximum absolute atomic E-state index is 12.3. The number of anilines is 1. The van der Waals surface area contributed by atoms with Crippen molar-refractivity contribution < 1.29 is 37.3 Å². The Hall–Kier alpha value is -3.07. The fourth-order valence-corrected chi connectivity index (χ4v) is 2.34. The molecule has 7 nitrogen and oxygen atoms in total. The van der Waals surface area contributed by atoms with Gasteiger partial charge in [-0.3, -0.25) is 4.79 Å². The molecule has 0 unspecified atom stereocenters. The quantitative estimate of drug-likeness (QED) is 0.661. The van der Waals surface area contributed by atoms with Crippen molar-refractivity contribution in [3.05, 3.63) is 47.0 Å². The van der Waals surface area contributed by atoms with E-state index in [0.717, 1.165) is 12.1 Å². The van der Waals surface area contributed by atoms with Crippen molar-refractivity contribution in [3.8, 4) is 17.2 Å². The Kier molecular flexibility index (Phi) is 7.39. The van der Waals surface area contributed by atoms with Crippen LogP contribution in [0.25, 0.3) is 0 Å². The largest absolute Gasteiger partial charge is 0.495 e. The van der Waals surface area contributed by atoms with Crippen LogP contribution in [0.4, 0.5) is 14.5 Å². The highest BCUT2D eigenvalue weighted by molar-refractivity contribution is 6.31. The zero-order valence-corrected chi connectivity index (χ0v) is 15.6. The van der Waals surface area contributed by atoms with E-state index in [1.807, 2.05) is 0 Å². The molecule has 0 aromatic heterocycles. The molecule has 1 amide bonds. The second-order valence-corrected chi connectivity index (χ2v) is 5.65. The van der Waals surface area contributed by atoms with E-state index in [4.69, 9.17) is 25.8 Å². The highest BCUT2D eigenvalue weighted by Crippen LogP contribution is 2.30. The molecule has 0 aliphatic carbocycles. The van der Waals surface area contributed by atoms with Gasteiger partial charge in [0.15, 0.2) is 18.1 Å². The van der Waals surface area contributed by atoms with Gasteiger partial charge in [0.2, 0.25) is 0 Å². The minimum Gasteiger partial charge on any atom is -0.495 e. The molecule has 0 radical (unpaired) electrons. The van der Waals surface area contributed by atoms with Gasteiger partial charge in [-0.05, 0) is 36.4 Å². The van der Waals surface area contributed by atoms with Crippen molar-refractivity contribution in [1.29, 1.82) is 0 Å². The zero-order valence-electron chi connectivity index (χ0n) is 14.8. The molecule has 0 heterocycles. The number of carbonyl (C=O) groups excluding carboxylic acids is 2. The summed E-state index contributed by atoms with van der Waals surface area (Å²) in [4.78, 5) is 24.1. The number of hydrogen-bond acceptors (Lipinski definition) is 6. The van der Waals surface area contributed by atoms with Crippen molar-refractivity contribution >= 4 is 29.2 Å². The molecule has 0 aliphatic rings. The molecular weight excluding hydrogens is 400 g/mol. The lowest BCUT2D eigenvalue weighted by atomic mass is 10.2. The molecule has 0 bridgehead atoms. The summed E-state index contributed by atoms with van der Waals surface area (Å²) < 4.78 is 43.9. The van der Waals surface area contributed by atoms with Crippen LogP contribution in [0.3, 0.4) is 0 Å². The normalized spacial score (nSPS) is 10.4. The lowest BCUT2D eigenvalue weighted by Crippen LogP contribution is -2.21. The van der Waals surface area contributed by atoms with Crippen LogP contribution < -0.4 is 19.5 Å². The summed E-state index contributed by atoms with van der Waals surface area (Å²) in [6.07, 6.45) is 0. The third kappa shape index (κ3) is 5.71. The molecule has 0 aliphatic heterocycles. The minimum absolute atomic E-state index is 0.00778.